The number of likely N-dealkylation sites (tertiary alicyclic amines) is 1. The number of nitrogens with zero attached hydrogens (tertiary/aromatic N) is 3. The number of amides is 1. The second kappa shape index (κ2) is 11.2. The molecule has 1 aliphatic rings. The number of nitro groups is 1. The largest absolute Gasteiger partial charge is 0.466 e. The molecule has 1 rings (SSSR count). The number of ether oxygens (including phenoxy) is 1. The van der Waals surface area contributed by atoms with Crippen molar-refractivity contribution < 1.29 is 19.4 Å². The van der Waals surface area contributed by atoms with Gasteiger partial charge in [-0.25, -0.2) is 15.1 Å². The van der Waals surface area contributed by atoms with Crippen molar-refractivity contribution in [2.75, 3.05) is 26.2 Å². The maximum absolute atomic E-state index is 12.4. The summed E-state index contributed by atoms with van der Waals surface area (Å²) in [4.78, 5) is 38.8. The van der Waals surface area contributed by atoms with Gasteiger partial charge in [-0.3, -0.25) is 9.59 Å². The molecule has 0 aliphatic carbocycles. The van der Waals surface area contributed by atoms with Crippen LogP contribution in [0.15, 0.2) is 4.99 Å². The fourth-order valence-corrected chi connectivity index (χ4v) is 2.81. The quantitative estimate of drug-likeness (QED) is 0.120. The molecular formula is C15H28N6O5. The number of esters is 1. The van der Waals surface area contributed by atoms with Gasteiger partial charge in [-0.2, -0.15) is 0 Å². The molecule has 0 aromatic carbocycles. The van der Waals surface area contributed by atoms with E-state index in [0.717, 1.165) is 19.3 Å². The molecule has 0 radical (unpaired) electrons. The number of nitrogens with two attached hydrogens (primary N) is 2. The number of hydrogen-bond acceptors (Lipinski definition) is 7. The Morgan fingerprint density at radius 2 is 2.08 bits per heavy atom. The number of hydrogen-bond donors (Lipinski definition) is 3. The summed E-state index contributed by atoms with van der Waals surface area (Å²) in [5.41, 5.74) is 13.0. The van der Waals surface area contributed by atoms with Gasteiger partial charge >= 0.3 is 5.97 Å². The molecule has 0 bridgehead atoms. The first-order valence-electron chi connectivity index (χ1n) is 8.68. The molecule has 1 aliphatic heterocycles. The number of rotatable bonds is 9. The van der Waals surface area contributed by atoms with Gasteiger partial charge in [0, 0.05) is 26.6 Å². The van der Waals surface area contributed by atoms with Gasteiger partial charge in [0.2, 0.25) is 5.91 Å². The van der Waals surface area contributed by atoms with Gasteiger partial charge in [0.1, 0.15) is 0 Å². The highest BCUT2D eigenvalue weighted by atomic mass is 16.7. The first kappa shape index (κ1) is 21.6. The second-order valence-electron chi connectivity index (χ2n) is 6.28. The van der Waals surface area contributed by atoms with Crippen LogP contribution in [0.1, 0.15) is 39.0 Å². The van der Waals surface area contributed by atoms with Crippen LogP contribution in [0.2, 0.25) is 0 Å². The van der Waals surface area contributed by atoms with Gasteiger partial charge in [-0.05, 0) is 38.0 Å². The van der Waals surface area contributed by atoms with E-state index >= 15 is 0 Å². The van der Waals surface area contributed by atoms with Gasteiger partial charge in [-0.15, -0.1) is 0 Å². The predicted molar refractivity (Wildman–Crippen MR) is 94.4 cm³/mol. The molecule has 1 heterocycles. The van der Waals surface area contributed by atoms with E-state index in [1.807, 2.05) is 0 Å². The van der Waals surface area contributed by atoms with Crippen LogP contribution in [0.3, 0.4) is 0 Å². The number of guanidine groups is 1. The lowest BCUT2D eigenvalue weighted by molar-refractivity contribution is -0.525. The van der Waals surface area contributed by atoms with Crippen LogP contribution in [0.5, 0.6) is 0 Å². The minimum atomic E-state index is -0.788. The monoisotopic (exact) mass is 372 g/mol. The summed E-state index contributed by atoms with van der Waals surface area (Å²) < 4.78 is 4.95. The van der Waals surface area contributed by atoms with Gasteiger partial charge in [0.05, 0.1) is 12.6 Å². The van der Waals surface area contributed by atoms with Crippen LogP contribution in [0, 0.1) is 16.0 Å². The average Bonchev–Trinajstić information content (AvgIpc) is 2.57. The number of piperidine rings is 1. The van der Waals surface area contributed by atoms with Gasteiger partial charge < -0.3 is 21.1 Å². The van der Waals surface area contributed by atoms with Crippen LogP contribution in [-0.2, 0) is 14.3 Å². The normalized spacial score (nSPS) is 16.8. The van der Waals surface area contributed by atoms with Crippen molar-refractivity contribution in [2.45, 2.75) is 45.1 Å². The Kier molecular flexibility index (Phi) is 9.34. The average molecular weight is 372 g/mol. The molecule has 1 fully saturated rings. The molecule has 1 atom stereocenters. The van der Waals surface area contributed by atoms with Crippen molar-refractivity contribution in [1.29, 1.82) is 0 Å². The summed E-state index contributed by atoms with van der Waals surface area (Å²) in [5.74, 6) is -0.195. The Morgan fingerprint density at radius 3 is 2.65 bits per heavy atom. The molecular weight excluding hydrogens is 344 g/mol. The maximum Gasteiger partial charge on any atom is 0.302 e. The predicted octanol–water partition coefficient (Wildman–Crippen LogP) is -0.618. The minimum Gasteiger partial charge on any atom is -0.466 e. The number of carbonyl (C=O) groups excluding carboxylic acids is 2. The highest BCUT2D eigenvalue weighted by molar-refractivity contribution is 5.81. The lowest BCUT2D eigenvalue weighted by Gasteiger charge is -2.33. The third kappa shape index (κ3) is 8.60. The van der Waals surface area contributed by atoms with Crippen LogP contribution in [0.25, 0.3) is 0 Å². The fourth-order valence-electron chi connectivity index (χ4n) is 2.81. The van der Waals surface area contributed by atoms with Gasteiger partial charge in [0.15, 0.2) is 5.03 Å². The molecule has 1 saturated heterocycles. The molecule has 1 amide bonds. The molecule has 0 spiro atoms. The van der Waals surface area contributed by atoms with Crippen LogP contribution < -0.4 is 16.9 Å². The first-order valence-corrected chi connectivity index (χ1v) is 8.68. The second-order valence-corrected chi connectivity index (χ2v) is 6.28. The summed E-state index contributed by atoms with van der Waals surface area (Å²) in [6.07, 6.45) is 3.48. The van der Waals surface area contributed by atoms with Crippen LogP contribution in [-0.4, -0.2) is 60.1 Å². The Bertz CT molecular complexity index is 519. The topological polar surface area (TPSA) is 166 Å². The minimum absolute atomic E-state index is 0.0937. The standard InChI is InChI=1S/C15H28N6O5/c1-11(22)26-10-6-12-4-8-20(9-5-12)14(23)13(16)3-2-7-18-15(17)19-21(24)25/h12-13H,2-10,16H2,1H3,(H3,17,18,19). The molecule has 5 N–H and O–H groups in total. The Balaban J connectivity index is 2.24. The number of aliphatic imine (C=N–C) groups is 1. The summed E-state index contributed by atoms with van der Waals surface area (Å²) in [5, 5.41) is 9.38. The fraction of sp³-hybridized carbons (Fsp3) is 0.800. The zero-order chi connectivity index (χ0) is 19.5. The lowest BCUT2D eigenvalue weighted by atomic mass is 9.93. The summed E-state index contributed by atoms with van der Waals surface area (Å²) in [7, 11) is 0. The van der Waals surface area contributed by atoms with Crippen molar-refractivity contribution in [2.24, 2.45) is 22.4 Å². The van der Waals surface area contributed by atoms with E-state index in [-0.39, 0.29) is 24.4 Å². The summed E-state index contributed by atoms with van der Waals surface area (Å²) >= 11 is 0. The third-order valence-electron chi connectivity index (χ3n) is 4.24. The highest BCUT2D eigenvalue weighted by Gasteiger charge is 2.26. The molecule has 1 unspecified atom stereocenters. The SMILES string of the molecule is CC(=O)OCCC1CCN(C(=O)C(N)CCCN=C(N)N[N+](=O)[O-])CC1. The molecule has 0 aromatic rings. The molecule has 0 saturated carbocycles. The van der Waals surface area contributed by atoms with Crippen LogP contribution in [0.4, 0.5) is 0 Å². The van der Waals surface area contributed by atoms with Crippen molar-refractivity contribution in [1.82, 2.24) is 10.3 Å². The van der Waals surface area contributed by atoms with Crippen molar-refractivity contribution in [3.05, 3.63) is 10.1 Å². The summed E-state index contributed by atoms with van der Waals surface area (Å²) in [6.45, 7) is 3.36. The van der Waals surface area contributed by atoms with E-state index < -0.39 is 11.1 Å². The maximum atomic E-state index is 12.4. The van der Waals surface area contributed by atoms with E-state index in [1.165, 1.54) is 6.92 Å². The smallest absolute Gasteiger partial charge is 0.302 e. The highest BCUT2D eigenvalue weighted by Crippen LogP contribution is 2.21. The van der Waals surface area contributed by atoms with Crippen molar-refractivity contribution >= 4 is 17.8 Å². The third-order valence-corrected chi connectivity index (χ3v) is 4.24. The van der Waals surface area contributed by atoms with E-state index in [4.69, 9.17) is 16.2 Å². The first-order chi connectivity index (χ1) is 12.3. The molecule has 0 aromatic heterocycles. The molecule has 11 heteroatoms. The zero-order valence-electron chi connectivity index (χ0n) is 15.1. The Labute approximate surface area is 152 Å². The van der Waals surface area contributed by atoms with Gasteiger partial charge in [0.25, 0.3) is 5.96 Å². The van der Waals surface area contributed by atoms with Crippen molar-refractivity contribution in [3.8, 4) is 0 Å². The van der Waals surface area contributed by atoms with Crippen molar-refractivity contribution in [3.63, 3.8) is 0 Å². The van der Waals surface area contributed by atoms with Crippen LogP contribution >= 0.6 is 0 Å². The van der Waals surface area contributed by atoms with Gasteiger partial charge in [-0.1, -0.05) is 5.43 Å². The zero-order valence-corrected chi connectivity index (χ0v) is 15.1. The van der Waals surface area contributed by atoms with E-state index in [9.17, 15) is 19.7 Å². The molecule has 148 valence electrons. The Morgan fingerprint density at radius 1 is 1.42 bits per heavy atom. The van der Waals surface area contributed by atoms with E-state index in [2.05, 4.69) is 4.99 Å². The number of carbonyl (C=O) groups is 2. The summed E-state index contributed by atoms with van der Waals surface area (Å²) in [6, 6.07) is -0.618. The number of hydrazine groups is 1. The molecule has 11 nitrogen and oxygen atoms in total. The molecule has 26 heavy (non-hydrogen) atoms. The van der Waals surface area contributed by atoms with E-state index in [1.54, 1.807) is 10.3 Å². The number of nitrogens with one attached hydrogen (secondary N) is 1. The van der Waals surface area contributed by atoms with E-state index in [0.29, 0.717) is 38.5 Å². The Hall–Kier alpha value is -2.43. The lowest BCUT2D eigenvalue weighted by Crippen LogP contribution is -2.47.